The monoisotopic (exact) mass is 292 g/mol. The second-order valence-electron chi connectivity index (χ2n) is 4.00. The van der Waals surface area contributed by atoms with E-state index in [1.807, 2.05) is 0 Å². The summed E-state index contributed by atoms with van der Waals surface area (Å²) in [5, 5.41) is 2.71. The molecule has 0 aliphatic rings. The van der Waals surface area contributed by atoms with Crippen LogP contribution in [0.5, 0.6) is 0 Å². The van der Waals surface area contributed by atoms with Crippen molar-refractivity contribution in [1.29, 1.82) is 0 Å². The number of nitrogens with one attached hydrogen (secondary N) is 2. The van der Waals surface area contributed by atoms with Gasteiger partial charge in [-0.25, -0.2) is 8.42 Å². The van der Waals surface area contributed by atoms with Crippen LogP contribution >= 0.6 is 10.7 Å². The zero-order valence-corrected chi connectivity index (χ0v) is 11.8. The predicted octanol–water partition coefficient (Wildman–Crippen LogP) is 2.25. The summed E-state index contributed by atoms with van der Waals surface area (Å²) >= 11 is 0. The van der Waals surface area contributed by atoms with Gasteiger partial charge in [0.15, 0.2) is 0 Å². The van der Waals surface area contributed by atoms with Crippen LogP contribution in [0.2, 0.25) is 0 Å². The number of unbranched alkanes of at least 4 members (excludes halogenated alkanes) is 3. The van der Waals surface area contributed by atoms with Crippen LogP contribution in [0.4, 0.5) is 0 Å². The SMILES string of the molecule is CCCCCCNC(=O)c1cc(S(=O)(=O)Cl)c[nH]1. The topological polar surface area (TPSA) is 79.0 Å². The molecule has 1 rings (SSSR count). The Labute approximate surface area is 111 Å². The van der Waals surface area contributed by atoms with Crippen molar-refractivity contribution in [3.05, 3.63) is 18.0 Å². The van der Waals surface area contributed by atoms with E-state index < -0.39 is 9.05 Å². The number of aromatic nitrogens is 1. The third kappa shape index (κ3) is 4.70. The summed E-state index contributed by atoms with van der Waals surface area (Å²) in [6.07, 6.45) is 5.48. The molecule has 0 unspecified atom stereocenters. The van der Waals surface area contributed by atoms with E-state index in [0.29, 0.717) is 6.54 Å². The summed E-state index contributed by atoms with van der Waals surface area (Å²) in [5.74, 6) is -0.321. The van der Waals surface area contributed by atoms with Crippen LogP contribution in [-0.2, 0) is 9.05 Å². The molecule has 5 nitrogen and oxygen atoms in total. The third-order valence-electron chi connectivity index (χ3n) is 2.50. The molecular weight excluding hydrogens is 276 g/mol. The number of amides is 1. The molecule has 0 saturated carbocycles. The Morgan fingerprint density at radius 2 is 2.11 bits per heavy atom. The fourth-order valence-corrected chi connectivity index (χ4v) is 2.22. The average molecular weight is 293 g/mol. The van der Waals surface area contributed by atoms with Crippen LogP contribution in [0.3, 0.4) is 0 Å². The number of carbonyl (C=O) groups is 1. The van der Waals surface area contributed by atoms with E-state index in [1.165, 1.54) is 12.3 Å². The summed E-state index contributed by atoms with van der Waals surface area (Å²) in [4.78, 5) is 14.1. The minimum atomic E-state index is -3.79. The molecular formula is C11H17ClN2O3S. The van der Waals surface area contributed by atoms with Crippen LogP contribution < -0.4 is 5.32 Å². The van der Waals surface area contributed by atoms with Gasteiger partial charge in [-0.3, -0.25) is 4.79 Å². The molecule has 0 radical (unpaired) electrons. The van der Waals surface area contributed by atoms with E-state index in [2.05, 4.69) is 17.2 Å². The molecule has 0 saturated heterocycles. The number of aromatic amines is 1. The lowest BCUT2D eigenvalue weighted by atomic mass is 10.2. The predicted molar refractivity (Wildman–Crippen MR) is 70.3 cm³/mol. The Morgan fingerprint density at radius 3 is 2.67 bits per heavy atom. The molecule has 0 atom stereocenters. The highest BCUT2D eigenvalue weighted by Gasteiger charge is 2.15. The molecule has 1 aromatic heterocycles. The second-order valence-corrected chi connectivity index (χ2v) is 6.57. The molecule has 0 aromatic carbocycles. The molecule has 7 heteroatoms. The molecule has 18 heavy (non-hydrogen) atoms. The summed E-state index contributed by atoms with van der Waals surface area (Å²) in [6, 6.07) is 1.23. The van der Waals surface area contributed by atoms with Gasteiger partial charge in [-0.2, -0.15) is 0 Å². The van der Waals surface area contributed by atoms with Gasteiger partial charge in [-0.1, -0.05) is 26.2 Å². The number of hydrogen-bond acceptors (Lipinski definition) is 3. The second kappa shape index (κ2) is 6.80. The molecule has 0 aliphatic heterocycles. The van der Waals surface area contributed by atoms with Crippen molar-refractivity contribution in [2.75, 3.05) is 6.54 Å². The highest BCUT2D eigenvalue weighted by atomic mass is 35.7. The molecule has 1 aromatic rings. The standard InChI is InChI=1S/C11H17ClN2O3S/c1-2-3-4-5-6-13-11(15)10-7-9(8-14-10)18(12,16)17/h7-8,14H,2-6H2,1H3,(H,13,15). The van der Waals surface area contributed by atoms with Crippen molar-refractivity contribution >= 4 is 25.6 Å². The van der Waals surface area contributed by atoms with E-state index in [0.717, 1.165) is 25.7 Å². The maximum atomic E-state index is 11.6. The molecule has 0 spiro atoms. The van der Waals surface area contributed by atoms with Crippen molar-refractivity contribution in [3.8, 4) is 0 Å². The van der Waals surface area contributed by atoms with Crippen molar-refractivity contribution < 1.29 is 13.2 Å². The van der Waals surface area contributed by atoms with Crippen LogP contribution in [0.1, 0.15) is 43.1 Å². The number of rotatable bonds is 7. The average Bonchev–Trinajstić information content (AvgIpc) is 2.77. The number of halogens is 1. The van der Waals surface area contributed by atoms with Gasteiger partial charge in [0, 0.05) is 23.4 Å². The molecule has 102 valence electrons. The van der Waals surface area contributed by atoms with Gasteiger partial charge >= 0.3 is 0 Å². The Bertz CT molecular complexity index is 496. The smallest absolute Gasteiger partial charge is 0.267 e. The lowest BCUT2D eigenvalue weighted by molar-refractivity contribution is 0.0948. The summed E-state index contributed by atoms with van der Waals surface area (Å²) in [7, 11) is 1.37. The van der Waals surface area contributed by atoms with Crippen LogP contribution in [0.25, 0.3) is 0 Å². The largest absolute Gasteiger partial charge is 0.356 e. The molecule has 2 N–H and O–H groups in total. The Kier molecular flexibility index (Phi) is 5.68. The number of H-pyrrole nitrogens is 1. The third-order valence-corrected chi connectivity index (χ3v) is 3.83. The summed E-state index contributed by atoms with van der Waals surface area (Å²) in [5.41, 5.74) is 0.199. The molecule has 1 heterocycles. The van der Waals surface area contributed by atoms with Crippen molar-refractivity contribution in [1.82, 2.24) is 10.3 Å². The lowest BCUT2D eigenvalue weighted by Crippen LogP contribution is -2.24. The summed E-state index contributed by atoms with van der Waals surface area (Å²) in [6.45, 7) is 2.70. The fourth-order valence-electron chi connectivity index (χ4n) is 1.50. The maximum Gasteiger partial charge on any atom is 0.267 e. The minimum Gasteiger partial charge on any atom is -0.356 e. The first kappa shape index (κ1) is 15.0. The van der Waals surface area contributed by atoms with E-state index in [9.17, 15) is 13.2 Å². The Morgan fingerprint density at radius 1 is 1.39 bits per heavy atom. The zero-order valence-electron chi connectivity index (χ0n) is 10.2. The van der Waals surface area contributed by atoms with Gasteiger partial charge in [0.1, 0.15) is 10.6 Å². The molecule has 0 bridgehead atoms. The van der Waals surface area contributed by atoms with E-state index in [-0.39, 0.29) is 16.5 Å². The van der Waals surface area contributed by atoms with Gasteiger partial charge in [0.2, 0.25) is 0 Å². The zero-order chi connectivity index (χ0) is 13.6. The minimum absolute atomic E-state index is 0.0969. The van der Waals surface area contributed by atoms with Crippen molar-refractivity contribution in [2.45, 2.75) is 37.5 Å². The van der Waals surface area contributed by atoms with Gasteiger partial charge in [0.25, 0.3) is 15.0 Å². The highest BCUT2D eigenvalue weighted by Crippen LogP contribution is 2.15. The van der Waals surface area contributed by atoms with Gasteiger partial charge < -0.3 is 10.3 Å². The van der Waals surface area contributed by atoms with Gasteiger partial charge in [-0.05, 0) is 12.5 Å². The van der Waals surface area contributed by atoms with Crippen LogP contribution in [0, 0.1) is 0 Å². The quantitative estimate of drug-likeness (QED) is 0.597. The Hall–Kier alpha value is -1.01. The lowest BCUT2D eigenvalue weighted by Gasteiger charge is -2.02. The maximum absolute atomic E-state index is 11.6. The van der Waals surface area contributed by atoms with E-state index in [4.69, 9.17) is 10.7 Å². The first-order chi connectivity index (χ1) is 8.45. The van der Waals surface area contributed by atoms with Gasteiger partial charge in [-0.15, -0.1) is 0 Å². The van der Waals surface area contributed by atoms with Crippen LogP contribution in [-0.4, -0.2) is 25.9 Å². The van der Waals surface area contributed by atoms with E-state index >= 15 is 0 Å². The number of hydrogen-bond donors (Lipinski definition) is 2. The first-order valence-electron chi connectivity index (χ1n) is 5.86. The van der Waals surface area contributed by atoms with E-state index in [1.54, 1.807) is 0 Å². The molecule has 0 fully saturated rings. The normalized spacial score (nSPS) is 11.4. The number of carbonyl (C=O) groups excluding carboxylic acids is 1. The van der Waals surface area contributed by atoms with Crippen molar-refractivity contribution in [3.63, 3.8) is 0 Å². The fraction of sp³-hybridized carbons (Fsp3) is 0.545. The highest BCUT2D eigenvalue weighted by molar-refractivity contribution is 8.13. The molecule has 1 amide bonds. The van der Waals surface area contributed by atoms with Crippen LogP contribution in [0.15, 0.2) is 17.2 Å². The van der Waals surface area contributed by atoms with Gasteiger partial charge in [0.05, 0.1) is 0 Å². The Balaban J connectivity index is 2.45. The summed E-state index contributed by atoms with van der Waals surface area (Å²) < 4.78 is 22.0. The molecule has 0 aliphatic carbocycles. The van der Waals surface area contributed by atoms with Crippen molar-refractivity contribution in [2.24, 2.45) is 0 Å². The first-order valence-corrected chi connectivity index (χ1v) is 8.17.